The van der Waals surface area contributed by atoms with Gasteiger partial charge in [0.2, 0.25) is 15.9 Å². The predicted octanol–water partition coefficient (Wildman–Crippen LogP) is 1.73. The second-order valence-corrected chi connectivity index (χ2v) is 11.2. The van der Waals surface area contributed by atoms with Crippen molar-refractivity contribution in [2.24, 2.45) is 0 Å². The summed E-state index contributed by atoms with van der Waals surface area (Å²) < 4.78 is 31.2. The Hall–Kier alpha value is -2.96. The van der Waals surface area contributed by atoms with E-state index in [2.05, 4.69) is 10.6 Å². The number of benzene rings is 1. The van der Waals surface area contributed by atoms with E-state index < -0.39 is 40.0 Å². The van der Waals surface area contributed by atoms with E-state index in [-0.39, 0.29) is 16.3 Å². The fourth-order valence-electron chi connectivity index (χ4n) is 4.17. The average molecular weight is 493 g/mol. The molecular formula is C21H24N4O6S2. The van der Waals surface area contributed by atoms with Gasteiger partial charge in [-0.1, -0.05) is 0 Å². The number of thiophene rings is 1. The number of sulfonamides is 1. The maximum Gasteiger partial charge on any atom is 0.325 e. The van der Waals surface area contributed by atoms with Crippen LogP contribution in [0.4, 0.5) is 10.5 Å². The van der Waals surface area contributed by atoms with E-state index in [0.717, 1.165) is 32.5 Å². The zero-order chi connectivity index (χ0) is 24.0. The van der Waals surface area contributed by atoms with Gasteiger partial charge in [0.05, 0.1) is 17.7 Å². The molecule has 1 spiro atoms. The minimum atomic E-state index is -3.74. The molecule has 33 heavy (non-hydrogen) atoms. The van der Waals surface area contributed by atoms with E-state index in [1.165, 1.54) is 39.4 Å². The summed E-state index contributed by atoms with van der Waals surface area (Å²) in [7, 11) is 0.436. The van der Waals surface area contributed by atoms with Gasteiger partial charge in [-0.2, -0.15) is 0 Å². The number of nitrogens with zero attached hydrogens (tertiary/aromatic N) is 2. The lowest BCUT2D eigenvalue weighted by Crippen LogP contribution is -2.46. The molecule has 2 N–H and O–H groups in total. The van der Waals surface area contributed by atoms with Crippen molar-refractivity contribution >= 4 is 44.9 Å². The van der Waals surface area contributed by atoms with Crippen LogP contribution in [-0.2, 0) is 31.6 Å². The molecule has 4 amide bonds. The van der Waals surface area contributed by atoms with Crippen molar-refractivity contribution in [3.63, 3.8) is 0 Å². The quantitative estimate of drug-likeness (QED) is 0.592. The number of carbonyl (C=O) groups excluding carboxylic acids is 3. The van der Waals surface area contributed by atoms with E-state index in [0.29, 0.717) is 6.42 Å². The SMILES string of the molecule is COc1ccc(S(=O)(=O)N(C)C)cc1NC(=O)CN1C(=O)NC2(CCCc3sccc32)C1=O. The Morgan fingerprint density at radius 3 is 2.76 bits per heavy atom. The van der Waals surface area contributed by atoms with Crippen LogP contribution >= 0.6 is 11.3 Å². The molecule has 176 valence electrons. The van der Waals surface area contributed by atoms with Crippen molar-refractivity contribution in [3.8, 4) is 5.75 Å². The number of carbonyl (C=O) groups is 3. The maximum absolute atomic E-state index is 13.3. The van der Waals surface area contributed by atoms with Gasteiger partial charge in [0, 0.05) is 24.5 Å². The number of hydrogen-bond acceptors (Lipinski definition) is 7. The van der Waals surface area contributed by atoms with Crippen molar-refractivity contribution in [2.45, 2.75) is 29.7 Å². The van der Waals surface area contributed by atoms with Crippen molar-refractivity contribution in [1.82, 2.24) is 14.5 Å². The van der Waals surface area contributed by atoms with Crippen molar-refractivity contribution in [3.05, 3.63) is 40.1 Å². The molecule has 1 aliphatic heterocycles. The molecule has 2 aliphatic rings. The molecule has 1 aliphatic carbocycles. The number of fused-ring (bicyclic) bond motifs is 2. The third-order valence-electron chi connectivity index (χ3n) is 5.86. The number of imide groups is 1. The molecule has 1 unspecified atom stereocenters. The lowest BCUT2D eigenvalue weighted by molar-refractivity contribution is -0.134. The van der Waals surface area contributed by atoms with Crippen LogP contribution in [0.1, 0.15) is 23.3 Å². The highest BCUT2D eigenvalue weighted by atomic mass is 32.2. The summed E-state index contributed by atoms with van der Waals surface area (Å²) in [4.78, 5) is 40.7. The second-order valence-electron chi connectivity index (χ2n) is 8.04. The van der Waals surface area contributed by atoms with Gasteiger partial charge in [-0.25, -0.2) is 17.5 Å². The summed E-state index contributed by atoms with van der Waals surface area (Å²) >= 11 is 1.55. The predicted molar refractivity (Wildman–Crippen MR) is 122 cm³/mol. The number of rotatable bonds is 6. The van der Waals surface area contributed by atoms with Gasteiger partial charge in [-0.3, -0.25) is 14.5 Å². The van der Waals surface area contributed by atoms with E-state index >= 15 is 0 Å². The van der Waals surface area contributed by atoms with Crippen LogP contribution in [-0.4, -0.2) is 63.2 Å². The largest absolute Gasteiger partial charge is 0.495 e. The van der Waals surface area contributed by atoms with Crippen LogP contribution in [0.2, 0.25) is 0 Å². The molecule has 10 nitrogen and oxygen atoms in total. The van der Waals surface area contributed by atoms with Crippen LogP contribution < -0.4 is 15.4 Å². The molecule has 1 aromatic carbocycles. The number of methoxy groups -OCH3 is 1. The highest BCUT2D eigenvalue weighted by molar-refractivity contribution is 7.89. The molecular weight excluding hydrogens is 468 g/mol. The summed E-state index contributed by atoms with van der Waals surface area (Å²) in [5.41, 5.74) is -0.226. The van der Waals surface area contributed by atoms with E-state index in [1.54, 1.807) is 11.3 Å². The van der Waals surface area contributed by atoms with Gasteiger partial charge in [-0.15, -0.1) is 11.3 Å². The minimum Gasteiger partial charge on any atom is -0.495 e. The van der Waals surface area contributed by atoms with Crippen molar-refractivity contribution < 1.29 is 27.5 Å². The second kappa shape index (κ2) is 8.43. The minimum absolute atomic E-state index is 0.0373. The molecule has 0 bridgehead atoms. The maximum atomic E-state index is 13.3. The molecule has 0 saturated carbocycles. The van der Waals surface area contributed by atoms with Gasteiger partial charge in [0.1, 0.15) is 17.8 Å². The molecule has 0 radical (unpaired) electrons. The highest BCUT2D eigenvalue weighted by Gasteiger charge is 2.54. The molecule has 12 heteroatoms. The third kappa shape index (κ3) is 3.87. The smallest absolute Gasteiger partial charge is 0.325 e. The number of ether oxygens (including phenoxy) is 1. The highest BCUT2D eigenvalue weighted by Crippen LogP contribution is 2.42. The first-order chi connectivity index (χ1) is 15.6. The van der Waals surface area contributed by atoms with Crippen molar-refractivity contribution in [2.75, 3.05) is 33.1 Å². The molecule has 2 heterocycles. The first kappa shape index (κ1) is 23.2. The van der Waals surface area contributed by atoms with Gasteiger partial charge >= 0.3 is 6.03 Å². The van der Waals surface area contributed by atoms with Gasteiger partial charge in [0.15, 0.2) is 0 Å². The van der Waals surface area contributed by atoms with Crippen LogP contribution in [0.15, 0.2) is 34.5 Å². The molecule has 1 aromatic heterocycles. The number of hydrogen-bond donors (Lipinski definition) is 2. The van der Waals surface area contributed by atoms with Crippen LogP contribution in [0.3, 0.4) is 0 Å². The van der Waals surface area contributed by atoms with Gasteiger partial charge in [0.25, 0.3) is 5.91 Å². The Morgan fingerprint density at radius 1 is 1.30 bits per heavy atom. The Labute approximate surface area is 195 Å². The number of nitrogens with one attached hydrogen (secondary N) is 2. The van der Waals surface area contributed by atoms with Crippen LogP contribution in [0.5, 0.6) is 5.75 Å². The molecule has 1 saturated heterocycles. The lowest BCUT2D eigenvalue weighted by atomic mass is 9.80. The standard InChI is InChI=1S/C21H24N4O6S2/c1-24(2)33(29,30)13-6-7-16(31-3)15(11-13)22-18(26)12-25-19(27)21(23-20(25)28)9-4-5-17-14(21)8-10-32-17/h6-8,10-11H,4-5,9,12H2,1-3H3,(H,22,26)(H,23,28). The van der Waals surface area contributed by atoms with E-state index in [9.17, 15) is 22.8 Å². The average Bonchev–Trinajstić information content (AvgIpc) is 3.34. The number of urea groups is 1. The number of amides is 4. The molecule has 2 aromatic rings. The zero-order valence-electron chi connectivity index (χ0n) is 18.4. The fourth-order valence-corrected chi connectivity index (χ4v) is 6.10. The van der Waals surface area contributed by atoms with Gasteiger partial charge in [-0.05, 0) is 48.9 Å². The van der Waals surface area contributed by atoms with Crippen LogP contribution in [0.25, 0.3) is 0 Å². The number of aryl methyl sites for hydroxylation is 1. The van der Waals surface area contributed by atoms with E-state index in [1.807, 2.05) is 11.4 Å². The Morgan fingerprint density at radius 2 is 2.06 bits per heavy atom. The summed E-state index contributed by atoms with van der Waals surface area (Å²) in [5.74, 6) is -0.877. The lowest BCUT2D eigenvalue weighted by Gasteiger charge is -2.31. The summed E-state index contributed by atoms with van der Waals surface area (Å²) in [6.07, 6.45) is 2.08. The zero-order valence-corrected chi connectivity index (χ0v) is 20.0. The third-order valence-corrected chi connectivity index (χ3v) is 8.65. The summed E-state index contributed by atoms with van der Waals surface area (Å²) in [6, 6.07) is 5.28. The Kier molecular flexibility index (Phi) is 5.93. The normalized spacial score (nSPS) is 20.2. The topological polar surface area (TPSA) is 125 Å². The first-order valence-corrected chi connectivity index (χ1v) is 12.5. The Bertz CT molecular complexity index is 1240. The first-order valence-electron chi connectivity index (χ1n) is 10.2. The van der Waals surface area contributed by atoms with E-state index in [4.69, 9.17) is 4.74 Å². The molecule has 1 atom stereocenters. The van der Waals surface area contributed by atoms with Gasteiger partial charge < -0.3 is 15.4 Å². The monoisotopic (exact) mass is 492 g/mol. The molecule has 1 fully saturated rings. The van der Waals surface area contributed by atoms with Crippen LogP contribution in [0, 0.1) is 0 Å². The Balaban J connectivity index is 1.56. The number of anilines is 1. The fraction of sp³-hybridized carbons (Fsp3) is 0.381. The summed E-state index contributed by atoms with van der Waals surface area (Å²) in [5, 5.41) is 7.26. The van der Waals surface area contributed by atoms with Crippen molar-refractivity contribution in [1.29, 1.82) is 0 Å². The molecule has 4 rings (SSSR count). The summed E-state index contributed by atoms with van der Waals surface area (Å²) in [6.45, 7) is -0.514.